The molecule has 0 saturated heterocycles. The van der Waals surface area contributed by atoms with Crippen LogP contribution in [0.15, 0.2) is 41.1 Å². The van der Waals surface area contributed by atoms with Crippen LogP contribution >= 0.6 is 38.5 Å². The van der Waals surface area contributed by atoms with Gasteiger partial charge in [0.05, 0.1) is 5.56 Å². The Morgan fingerprint density at radius 3 is 2.78 bits per heavy atom. The Morgan fingerprint density at radius 1 is 1.33 bits per heavy atom. The highest BCUT2D eigenvalue weighted by atomic mass is 127. The highest BCUT2D eigenvalue weighted by Gasteiger charge is 2.08. The topological polar surface area (TPSA) is 42.0 Å². The standard InChI is InChI=1S/C13H10BrIN2O/c1-8-4-11(15)2-3-12(8)17-13(18)9-5-10(14)7-16-6-9/h2-7H,1H3,(H,17,18). The summed E-state index contributed by atoms with van der Waals surface area (Å²) in [5, 5.41) is 2.88. The number of nitrogens with one attached hydrogen (secondary N) is 1. The van der Waals surface area contributed by atoms with Crippen LogP contribution in [-0.4, -0.2) is 10.9 Å². The predicted octanol–water partition coefficient (Wildman–Crippen LogP) is 4.01. The number of carbonyl (C=O) groups excluding carboxylic acids is 1. The van der Waals surface area contributed by atoms with E-state index < -0.39 is 0 Å². The SMILES string of the molecule is Cc1cc(I)ccc1NC(=O)c1cncc(Br)c1. The van der Waals surface area contributed by atoms with Crippen molar-refractivity contribution in [2.24, 2.45) is 0 Å². The van der Waals surface area contributed by atoms with Crippen molar-refractivity contribution in [3.8, 4) is 0 Å². The van der Waals surface area contributed by atoms with Crippen LogP contribution < -0.4 is 5.32 Å². The molecule has 0 fully saturated rings. The van der Waals surface area contributed by atoms with Crippen molar-refractivity contribution in [2.75, 3.05) is 5.32 Å². The summed E-state index contributed by atoms with van der Waals surface area (Å²) in [4.78, 5) is 16.0. The smallest absolute Gasteiger partial charge is 0.257 e. The molecule has 1 amide bonds. The molecule has 0 aliphatic rings. The number of amides is 1. The Balaban J connectivity index is 2.21. The van der Waals surface area contributed by atoms with Crippen molar-refractivity contribution < 1.29 is 4.79 Å². The fraction of sp³-hybridized carbons (Fsp3) is 0.0769. The van der Waals surface area contributed by atoms with Gasteiger partial charge < -0.3 is 5.32 Å². The number of hydrogen-bond acceptors (Lipinski definition) is 2. The minimum Gasteiger partial charge on any atom is -0.322 e. The Kier molecular flexibility index (Phi) is 4.34. The number of nitrogens with zero attached hydrogens (tertiary/aromatic N) is 1. The van der Waals surface area contributed by atoms with Gasteiger partial charge in [0.15, 0.2) is 0 Å². The molecule has 0 spiro atoms. The summed E-state index contributed by atoms with van der Waals surface area (Å²) in [6, 6.07) is 7.63. The number of benzene rings is 1. The molecule has 0 aliphatic heterocycles. The number of halogens is 2. The number of carbonyl (C=O) groups is 1. The van der Waals surface area contributed by atoms with Gasteiger partial charge in [-0.3, -0.25) is 9.78 Å². The number of rotatable bonds is 2. The normalized spacial score (nSPS) is 10.2. The lowest BCUT2D eigenvalue weighted by Gasteiger charge is -2.08. The average Bonchev–Trinajstić information content (AvgIpc) is 2.32. The van der Waals surface area contributed by atoms with Gasteiger partial charge in [0, 0.05) is 26.1 Å². The van der Waals surface area contributed by atoms with E-state index in [1.54, 1.807) is 18.5 Å². The highest BCUT2D eigenvalue weighted by molar-refractivity contribution is 14.1. The molecule has 0 atom stereocenters. The van der Waals surface area contributed by atoms with Gasteiger partial charge in [0.1, 0.15) is 0 Å². The van der Waals surface area contributed by atoms with Crippen molar-refractivity contribution in [1.29, 1.82) is 0 Å². The lowest BCUT2D eigenvalue weighted by molar-refractivity contribution is 0.102. The van der Waals surface area contributed by atoms with E-state index in [0.717, 1.165) is 19.3 Å². The molecule has 1 N–H and O–H groups in total. The second-order valence-electron chi connectivity index (χ2n) is 3.81. The third kappa shape index (κ3) is 3.29. The molecule has 0 radical (unpaired) electrons. The third-order valence-corrected chi connectivity index (χ3v) is 3.51. The first kappa shape index (κ1) is 13.5. The van der Waals surface area contributed by atoms with E-state index in [-0.39, 0.29) is 5.91 Å². The minimum atomic E-state index is -0.159. The van der Waals surface area contributed by atoms with Crippen LogP contribution in [0.1, 0.15) is 15.9 Å². The Bertz CT molecular complexity index is 601. The van der Waals surface area contributed by atoms with Gasteiger partial charge in [0.25, 0.3) is 5.91 Å². The van der Waals surface area contributed by atoms with E-state index >= 15 is 0 Å². The zero-order valence-corrected chi connectivity index (χ0v) is 13.3. The van der Waals surface area contributed by atoms with Crippen molar-refractivity contribution in [3.63, 3.8) is 0 Å². The maximum Gasteiger partial charge on any atom is 0.257 e. The Morgan fingerprint density at radius 2 is 2.11 bits per heavy atom. The first-order valence-corrected chi connectivity index (χ1v) is 7.11. The van der Waals surface area contributed by atoms with Gasteiger partial charge in [-0.05, 0) is 75.3 Å². The molecule has 3 nitrogen and oxygen atoms in total. The summed E-state index contributed by atoms with van der Waals surface area (Å²) in [5.41, 5.74) is 2.39. The van der Waals surface area contributed by atoms with Crippen LogP contribution in [0.2, 0.25) is 0 Å². The molecule has 1 aromatic carbocycles. The fourth-order valence-electron chi connectivity index (χ4n) is 1.50. The van der Waals surface area contributed by atoms with Gasteiger partial charge >= 0.3 is 0 Å². The molecular formula is C13H10BrIN2O. The first-order valence-electron chi connectivity index (χ1n) is 5.24. The second kappa shape index (κ2) is 5.79. The number of aryl methyl sites for hydroxylation is 1. The van der Waals surface area contributed by atoms with E-state index in [1.165, 1.54) is 0 Å². The van der Waals surface area contributed by atoms with E-state index in [2.05, 4.69) is 48.8 Å². The van der Waals surface area contributed by atoms with Crippen molar-refractivity contribution in [3.05, 3.63) is 55.8 Å². The van der Waals surface area contributed by atoms with Gasteiger partial charge in [-0.1, -0.05) is 0 Å². The lowest BCUT2D eigenvalue weighted by atomic mass is 10.2. The molecule has 0 bridgehead atoms. The first-order chi connectivity index (χ1) is 8.56. The zero-order chi connectivity index (χ0) is 13.1. The van der Waals surface area contributed by atoms with E-state index in [1.807, 2.05) is 25.1 Å². The second-order valence-corrected chi connectivity index (χ2v) is 5.97. The molecule has 92 valence electrons. The number of pyridine rings is 1. The maximum atomic E-state index is 12.0. The molecule has 5 heteroatoms. The lowest BCUT2D eigenvalue weighted by Crippen LogP contribution is -2.13. The van der Waals surface area contributed by atoms with Crippen LogP contribution in [-0.2, 0) is 0 Å². The Hall–Kier alpha value is -0.950. The molecule has 18 heavy (non-hydrogen) atoms. The molecule has 2 aromatic rings. The monoisotopic (exact) mass is 416 g/mol. The van der Waals surface area contributed by atoms with Crippen LogP contribution in [0, 0.1) is 10.5 Å². The molecule has 0 unspecified atom stereocenters. The molecule has 2 rings (SSSR count). The van der Waals surface area contributed by atoms with Gasteiger partial charge in [0.2, 0.25) is 0 Å². The predicted molar refractivity (Wildman–Crippen MR) is 83.8 cm³/mol. The molecule has 0 saturated carbocycles. The van der Waals surface area contributed by atoms with Crippen molar-refractivity contribution >= 4 is 50.1 Å². The summed E-state index contributed by atoms with van der Waals surface area (Å²) >= 11 is 5.54. The number of aromatic nitrogens is 1. The molecule has 0 aliphatic carbocycles. The van der Waals surface area contributed by atoms with Gasteiger partial charge in [-0.15, -0.1) is 0 Å². The number of hydrogen-bond donors (Lipinski definition) is 1. The van der Waals surface area contributed by atoms with Crippen LogP contribution in [0.3, 0.4) is 0 Å². The summed E-state index contributed by atoms with van der Waals surface area (Å²) in [6.07, 6.45) is 3.19. The summed E-state index contributed by atoms with van der Waals surface area (Å²) < 4.78 is 1.93. The van der Waals surface area contributed by atoms with Crippen LogP contribution in [0.5, 0.6) is 0 Å². The van der Waals surface area contributed by atoms with E-state index in [4.69, 9.17) is 0 Å². The van der Waals surface area contributed by atoms with Crippen LogP contribution in [0.4, 0.5) is 5.69 Å². The maximum absolute atomic E-state index is 12.0. The minimum absolute atomic E-state index is 0.159. The highest BCUT2D eigenvalue weighted by Crippen LogP contribution is 2.19. The summed E-state index contributed by atoms with van der Waals surface area (Å²) in [7, 11) is 0. The number of anilines is 1. The van der Waals surface area contributed by atoms with Gasteiger partial charge in [-0.25, -0.2) is 0 Å². The quantitative estimate of drug-likeness (QED) is 0.751. The fourth-order valence-corrected chi connectivity index (χ4v) is 2.51. The van der Waals surface area contributed by atoms with Crippen molar-refractivity contribution in [1.82, 2.24) is 4.98 Å². The zero-order valence-electron chi connectivity index (χ0n) is 9.58. The van der Waals surface area contributed by atoms with Crippen LogP contribution in [0.25, 0.3) is 0 Å². The Labute approximate surface area is 127 Å². The van der Waals surface area contributed by atoms with E-state index in [0.29, 0.717) is 5.56 Å². The summed E-state index contributed by atoms with van der Waals surface area (Å²) in [5.74, 6) is -0.159. The summed E-state index contributed by atoms with van der Waals surface area (Å²) in [6.45, 7) is 1.97. The van der Waals surface area contributed by atoms with Crippen molar-refractivity contribution in [2.45, 2.75) is 6.92 Å². The molecule has 1 aromatic heterocycles. The van der Waals surface area contributed by atoms with Gasteiger partial charge in [-0.2, -0.15) is 0 Å². The molecule has 1 heterocycles. The van der Waals surface area contributed by atoms with E-state index in [9.17, 15) is 4.79 Å². The average molecular weight is 417 g/mol. The molecular weight excluding hydrogens is 407 g/mol. The largest absolute Gasteiger partial charge is 0.322 e. The third-order valence-electron chi connectivity index (χ3n) is 2.40.